The highest BCUT2D eigenvalue weighted by Crippen LogP contribution is 2.13. The molecule has 88 valence electrons. The molecule has 1 aromatic carbocycles. The van der Waals surface area contributed by atoms with Crippen molar-refractivity contribution in [3.05, 3.63) is 59.0 Å². The number of hydrogen-bond donors (Lipinski definition) is 2. The summed E-state index contributed by atoms with van der Waals surface area (Å²) in [4.78, 5) is 13.2. The van der Waals surface area contributed by atoms with Crippen molar-refractivity contribution in [1.82, 2.24) is 4.98 Å². The Morgan fingerprint density at radius 3 is 2.29 bits per heavy atom. The maximum Gasteiger partial charge on any atom is 0.263 e. The zero-order valence-electron chi connectivity index (χ0n) is 8.75. The van der Waals surface area contributed by atoms with Crippen molar-refractivity contribution in [2.45, 2.75) is 4.90 Å². The van der Waals surface area contributed by atoms with Crippen molar-refractivity contribution in [1.29, 1.82) is 0 Å². The third-order valence-electron chi connectivity index (χ3n) is 2.09. The fourth-order valence-corrected chi connectivity index (χ4v) is 2.31. The van der Waals surface area contributed by atoms with Gasteiger partial charge in [0.2, 0.25) is 5.56 Å². The molecular weight excluding hydrogens is 240 g/mol. The van der Waals surface area contributed by atoms with Gasteiger partial charge in [0.05, 0.1) is 0 Å². The van der Waals surface area contributed by atoms with E-state index in [1.165, 1.54) is 12.1 Å². The van der Waals surface area contributed by atoms with Crippen molar-refractivity contribution in [2.75, 3.05) is 4.72 Å². The molecule has 0 saturated carbocycles. The lowest BCUT2D eigenvalue weighted by molar-refractivity contribution is 0.600. The summed E-state index contributed by atoms with van der Waals surface area (Å²) < 4.78 is 26.2. The number of hydrogen-bond acceptors (Lipinski definition) is 3. The van der Waals surface area contributed by atoms with Gasteiger partial charge in [-0.15, -0.1) is 0 Å². The Labute approximate surface area is 98.2 Å². The molecule has 2 N–H and O–H groups in total. The number of nitrogens with one attached hydrogen (secondary N) is 2. The van der Waals surface area contributed by atoms with E-state index in [0.717, 1.165) is 6.20 Å². The first kappa shape index (κ1) is 11.4. The number of rotatable bonds is 3. The summed E-state index contributed by atoms with van der Waals surface area (Å²) in [5.74, 6) is 0. The highest BCUT2D eigenvalue weighted by Gasteiger charge is 2.13. The third-order valence-corrected chi connectivity index (χ3v) is 3.47. The van der Waals surface area contributed by atoms with Gasteiger partial charge in [-0.2, -0.15) is 0 Å². The van der Waals surface area contributed by atoms with Crippen LogP contribution in [0.3, 0.4) is 0 Å². The fourth-order valence-electron chi connectivity index (χ4n) is 1.28. The van der Waals surface area contributed by atoms with Crippen molar-refractivity contribution in [2.24, 2.45) is 0 Å². The van der Waals surface area contributed by atoms with E-state index in [-0.39, 0.29) is 10.5 Å². The van der Waals surface area contributed by atoms with Gasteiger partial charge in [-0.05, 0) is 18.2 Å². The smallest absolute Gasteiger partial charge is 0.263 e. The lowest BCUT2D eigenvalue weighted by Crippen LogP contribution is -2.15. The molecule has 0 saturated heterocycles. The zero-order chi connectivity index (χ0) is 12.3. The molecule has 17 heavy (non-hydrogen) atoms. The lowest BCUT2D eigenvalue weighted by atomic mass is 10.3. The second-order valence-corrected chi connectivity index (χ2v) is 5.04. The minimum Gasteiger partial charge on any atom is -0.328 e. The summed E-state index contributed by atoms with van der Waals surface area (Å²) in [6.45, 7) is 0. The highest BCUT2D eigenvalue weighted by atomic mass is 32.2. The van der Waals surface area contributed by atoms with Gasteiger partial charge in [-0.3, -0.25) is 9.52 Å². The van der Waals surface area contributed by atoms with E-state index >= 15 is 0 Å². The van der Waals surface area contributed by atoms with Crippen LogP contribution < -0.4 is 10.3 Å². The molecule has 0 bridgehead atoms. The van der Waals surface area contributed by atoms with Crippen LogP contribution in [0.4, 0.5) is 5.69 Å². The van der Waals surface area contributed by atoms with Gasteiger partial charge >= 0.3 is 0 Å². The van der Waals surface area contributed by atoms with Crippen molar-refractivity contribution in [3.8, 4) is 0 Å². The highest BCUT2D eigenvalue weighted by molar-refractivity contribution is 7.92. The third kappa shape index (κ3) is 2.73. The van der Waals surface area contributed by atoms with Crippen LogP contribution in [0.5, 0.6) is 0 Å². The van der Waals surface area contributed by atoms with Crippen LogP contribution in [-0.2, 0) is 10.0 Å². The molecule has 1 heterocycles. The topological polar surface area (TPSA) is 79.0 Å². The van der Waals surface area contributed by atoms with Crippen LogP contribution >= 0.6 is 0 Å². The Morgan fingerprint density at radius 2 is 1.71 bits per heavy atom. The molecule has 5 nitrogen and oxygen atoms in total. The average molecular weight is 250 g/mol. The Bertz CT molecular complexity index is 642. The van der Waals surface area contributed by atoms with E-state index in [1.807, 2.05) is 0 Å². The average Bonchev–Trinajstić information content (AvgIpc) is 2.30. The van der Waals surface area contributed by atoms with Gasteiger partial charge in [-0.25, -0.2) is 8.42 Å². The van der Waals surface area contributed by atoms with Crippen LogP contribution in [0.2, 0.25) is 0 Å². The number of para-hydroxylation sites is 1. The number of aromatic nitrogens is 1. The van der Waals surface area contributed by atoms with Gasteiger partial charge in [0.15, 0.2) is 0 Å². The first-order valence-electron chi connectivity index (χ1n) is 4.84. The van der Waals surface area contributed by atoms with Crippen molar-refractivity contribution < 1.29 is 8.42 Å². The Morgan fingerprint density at radius 1 is 1.00 bits per heavy atom. The van der Waals surface area contributed by atoms with Crippen LogP contribution in [0.25, 0.3) is 0 Å². The van der Waals surface area contributed by atoms with E-state index in [1.54, 1.807) is 30.3 Å². The predicted molar refractivity (Wildman–Crippen MR) is 64.3 cm³/mol. The minimum absolute atomic E-state index is 0.0148. The summed E-state index contributed by atoms with van der Waals surface area (Å²) in [7, 11) is -3.65. The molecule has 0 atom stereocenters. The molecule has 0 amide bonds. The summed E-state index contributed by atoms with van der Waals surface area (Å²) >= 11 is 0. The second-order valence-electron chi connectivity index (χ2n) is 3.36. The molecule has 0 fully saturated rings. The van der Waals surface area contributed by atoms with Crippen LogP contribution in [0, 0.1) is 0 Å². The predicted octanol–water partition coefficient (Wildman–Crippen LogP) is 1.18. The number of H-pyrrole nitrogens is 1. The van der Waals surface area contributed by atoms with Gasteiger partial charge in [0.1, 0.15) is 4.90 Å². The molecule has 0 spiro atoms. The van der Waals surface area contributed by atoms with Crippen LogP contribution in [0.1, 0.15) is 0 Å². The zero-order valence-corrected chi connectivity index (χ0v) is 9.57. The molecule has 0 aliphatic heterocycles. The van der Waals surface area contributed by atoms with Gasteiger partial charge < -0.3 is 4.98 Å². The fraction of sp³-hybridized carbons (Fsp3) is 0. The molecule has 2 aromatic rings. The summed E-state index contributed by atoms with van der Waals surface area (Å²) in [6, 6.07) is 10.9. The Hall–Kier alpha value is -2.08. The van der Waals surface area contributed by atoms with Gasteiger partial charge in [-0.1, -0.05) is 18.2 Å². The van der Waals surface area contributed by atoms with Crippen LogP contribution in [-0.4, -0.2) is 13.4 Å². The molecule has 0 aliphatic carbocycles. The van der Waals surface area contributed by atoms with Crippen molar-refractivity contribution >= 4 is 15.7 Å². The Balaban J connectivity index is 2.32. The molecule has 6 heteroatoms. The normalized spacial score (nSPS) is 11.1. The SMILES string of the molecule is O=c1ccc(S(=O)(=O)Nc2ccccc2)c[nH]1. The largest absolute Gasteiger partial charge is 0.328 e. The maximum absolute atomic E-state index is 11.9. The summed E-state index contributed by atoms with van der Waals surface area (Å²) in [5, 5.41) is 0. The van der Waals surface area contributed by atoms with E-state index in [0.29, 0.717) is 5.69 Å². The number of anilines is 1. The van der Waals surface area contributed by atoms with E-state index in [9.17, 15) is 13.2 Å². The number of sulfonamides is 1. The molecular formula is C11H10N2O3S. The first-order chi connectivity index (χ1) is 8.08. The Kier molecular flexibility index (Phi) is 2.97. The van der Waals surface area contributed by atoms with E-state index in [2.05, 4.69) is 9.71 Å². The van der Waals surface area contributed by atoms with Crippen molar-refractivity contribution in [3.63, 3.8) is 0 Å². The molecule has 2 rings (SSSR count). The summed E-state index contributed by atoms with van der Waals surface area (Å²) in [6.07, 6.45) is 1.16. The van der Waals surface area contributed by atoms with Gasteiger partial charge in [0.25, 0.3) is 10.0 Å². The maximum atomic E-state index is 11.9. The van der Waals surface area contributed by atoms with E-state index < -0.39 is 10.0 Å². The number of benzene rings is 1. The molecule has 0 radical (unpaired) electrons. The molecule has 0 aliphatic rings. The summed E-state index contributed by atoms with van der Waals surface area (Å²) in [5.41, 5.74) is 0.127. The number of aromatic amines is 1. The van der Waals surface area contributed by atoms with E-state index in [4.69, 9.17) is 0 Å². The minimum atomic E-state index is -3.65. The quantitative estimate of drug-likeness (QED) is 0.858. The lowest BCUT2D eigenvalue weighted by Gasteiger charge is -2.06. The first-order valence-corrected chi connectivity index (χ1v) is 6.33. The van der Waals surface area contributed by atoms with Gasteiger partial charge in [0, 0.05) is 18.0 Å². The second kappa shape index (κ2) is 4.42. The standard InChI is InChI=1S/C11H10N2O3S/c14-11-7-6-10(8-12-11)17(15,16)13-9-4-2-1-3-5-9/h1-8,13H,(H,12,14). The number of pyridine rings is 1. The van der Waals surface area contributed by atoms with Crippen LogP contribution in [0.15, 0.2) is 58.4 Å². The monoisotopic (exact) mass is 250 g/mol. The molecule has 0 unspecified atom stereocenters. The molecule has 1 aromatic heterocycles.